The summed E-state index contributed by atoms with van der Waals surface area (Å²) < 4.78 is 1.67. The SMILES string of the molecule is CC(C)(CC(N)=O)NC(=O)c1cn(C2CNC2)nn1. The van der Waals surface area contributed by atoms with Crippen LogP contribution in [0.15, 0.2) is 6.20 Å². The molecule has 0 saturated carbocycles. The minimum absolute atomic E-state index is 0.0689. The van der Waals surface area contributed by atoms with Gasteiger partial charge in [0, 0.05) is 25.0 Å². The third-order valence-corrected chi connectivity index (χ3v) is 2.95. The van der Waals surface area contributed by atoms with Crippen molar-refractivity contribution in [3.63, 3.8) is 0 Å². The molecule has 2 amide bonds. The molecule has 8 heteroatoms. The summed E-state index contributed by atoms with van der Waals surface area (Å²) in [6.45, 7) is 5.13. The van der Waals surface area contributed by atoms with E-state index in [0.717, 1.165) is 13.1 Å². The number of amides is 2. The van der Waals surface area contributed by atoms with Gasteiger partial charge in [0.15, 0.2) is 5.69 Å². The molecule has 19 heavy (non-hydrogen) atoms. The first-order valence-corrected chi connectivity index (χ1v) is 6.11. The second-order valence-electron chi connectivity index (χ2n) is 5.38. The van der Waals surface area contributed by atoms with E-state index in [1.807, 2.05) is 0 Å². The molecule has 104 valence electrons. The number of nitrogens with zero attached hydrogens (tertiary/aromatic N) is 3. The largest absolute Gasteiger partial charge is 0.370 e. The average Bonchev–Trinajstić information content (AvgIpc) is 2.60. The maximum absolute atomic E-state index is 12.0. The molecule has 0 radical (unpaired) electrons. The minimum Gasteiger partial charge on any atom is -0.370 e. The van der Waals surface area contributed by atoms with Crippen molar-refractivity contribution in [2.75, 3.05) is 13.1 Å². The first-order valence-electron chi connectivity index (χ1n) is 6.11. The number of nitrogens with one attached hydrogen (secondary N) is 2. The van der Waals surface area contributed by atoms with E-state index in [1.165, 1.54) is 0 Å². The van der Waals surface area contributed by atoms with E-state index in [-0.39, 0.29) is 24.1 Å². The number of hydrogen-bond donors (Lipinski definition) is 3. The van der Waals surface area contributed by atoms with E-state index in [1.54, 1.807) is 24.7 Å². The number of hydrogen-bond acceptors (Lipinski definition) is 5. The summed E-state index contributed by atoms with van der Waals surface area (Å²) in [5, 5.41) is 13.6. The molecule has 1 fully saturated rings. The molecule has 0 bridgehead atoms. The second-order valence-corrected chi connectivity index (χ2v) is 5.38. The summed E-state index contributed by atoms with van der Waals surface area (Å²) in [5.41, 5.74) is 4.67. The lowest BCUT2D eigenvalue weighted by Gasteiger charge is -2.26. The van der Waals surface area contributed by atoms with Crippen molar-refractivity contribution in [1.29, 1.82) is 0 Å². The second kappa shape index (κ2) is 4.96. The van der Waals surface area contributed by atoms with Crippen molar-refractivity contribution in [3.05, 3.63) is 11.9 Å². The monoisotopic (exact) mass is 266 g/mol. The molecular formula is C11H18N6O2. The van der Waals surface area contributed by atoms with Crippen LogP contribution in [0.4, 0.5) is 0 Å². The summed E-state index contributed by atoms with van der Waals surface area (Å²) in [7, 11) is 0. The number of carbonyl (C=O) groups excluding carboxylic acids is 2. The lowest BCUT2D eigenvalue weighted by atomic mass is 10.0. The number of primary amides is 1. The Kier molecular flexibility index (Phi) is 3.52. The van der Waals surface area contributed by atoms with E-state index < -0.39 is 11.4 Å². The highest BCUT2D eigenvalue weighted by Crippen LogP contribution is 2.12. The van der Waals surface area contributed by atoms with Gasteiger partial charge in [0.1, 0.15) is 0 Å². The Balaban J connectivity index is 1.99. The maximum Gasteiger partial charge on any atom is 0.273 e. The molecule has 0 unspecified atom stereocenters. The van der Waals surface area contributed by atoms with Gasteiger partial charge in [-0.2, -0.15) is 0 Å². The fourth-order valence-corrected chi connectivity index (χ4v) is 1.87. The highest BCUT2D eigenvalue weighted by atomic mass is 16.2. The first-order chi connectivity index (χ1) is 8.87. The molecule has 0 aromatic carbocycles. The quantitative estimate of drug-likeness (QED) is 0.619. The van der Waals surface area contributed by atoms with Gasteiger partial charge >= 0.3 is 0 Å². The van der Waals surface area contributed by atoms with E-state index >= 15 is 0 Å². The molecular weight excluding hydrogens is 248 g/mol. The van der Waals surface area contributed by atoms with Gasteiger partial charge in [-0.1, -0.05) is 5.21 Å². The van der Waals surface area contributed by atoms with Crippen LogP contribution in [-0.4, -0.2) is 45.4 Å². The Bertz CT molecular complexity index is 491. The summed E-state index contributed by atoms with van der Waals surface area (Å²) in [6.07, 6.45) is 1.68. The first kappa shape index (κ1) is 13.5. The van der Waals surface area contributed by atoms with Crippen LogP contribution in [0.3, 0.4) is 0 Å². The number of aromatic nitrogens is 3. The van der Waals surface area contributed by atoms with E-state index in [2.05, 4.69) is 20.9 Å². The zero-order chi connectivity index (χ0) is 14.0. The van der Waals surface area contributed by atoms with E-state index in [0.29, 0.717) is 0 Å². The molecule has 4 N–H and O–H groups in total. The van der Waals surface area contributed by atoms with E-state index in [9.17, 15) is 9.59 Å². The average molecular weight is 266 g/mol. The molecule has 8 nitrogen and oxygen atoms in total. The molecule has 2 rings (SSSR count). The topological polar surface area (TPSA) is 115 Å². The molecule has 1 aliphatic heterocycles. The number of carbonyl (C=O) groups is 2. The fraction of sp³-hybridized carbons (Fsp3) is 0.636. The van der Waals surface area contributed by atoms with Gasteiger partial charge in [-0.05, 0) is 13.8 Å². The van der Waals surface area contributed by atoms with Gasteiger partial charge < -0.3 is 16.4 Å². The smallest absolute Gasteiger partial charge is 0.273 e. The summed E-state index contributed by atoms with van der Waals surface area (Å²) in [4.78, 5) is 22.9. The zero-order valence-electron chi connectivity index (χ0n) is 11.0. The molecule has 0 spiro atoms. The third kappa shape index (κ3) is 3.28. The van der Waals surface area contributed by atoms with Crippen molar-refractivity contribution >= 4 is 11.8 Å². The van der Waals surface area contributed by atoms with Gasteiger partial charge in [0.05, 0.1) is 12.2 Å². The van der Waals surface area contributed by atoms with Crippen LogP contribution in [0.25, 0.3) is 0 Å². The van der Waals surface area contributed by atoms with Crippen LogP contribution < -0.4 is 16.4 Å². The molecule has 1 aromatic rings. The Morgan fingerprint density at radius 2 is 2.26 bits per heavy atom. The van der Waals surface area contributed by atoms with E-state index in [4.69, 9.17) is 5.73 Å². The molecule has 2 heterocycles. The van der Waals surface area contributed by atoms with Gasteiger partial charge in [0.2, 0.25) is 5.91 Å². The molecule has 1 aromatic heterocycles. The van der Waals surface area contributed by atoms with Crippen LogP contribution in [0.5, 0.6) is 0 Å². The predicted molar refractivity (Wildman–Crippen MR) is 67.3 cm³/mol. The van der Waals surface area contributed by atoms with Crippen LogP contribution in [0, 0.1) is 0 Å². The lowest BCUT2D eigenvalue weighted by molar-refractivity contribution is -0.119. The maximum atomic E-state index is 12.0. The van der Waals surface area contributed by atoms with Gasteiger partial charge in [-0.25, -0.2) is 4.68 Å². The van der Waals surface area contributed by atoms with Crippen LogP contribution in [0.1, 0.15) is 36.8 Å². The van der Waals surface area contributed by atoms with Gasteiger partial charge in [-0.15, -0.1) is 5.10 Å². The highest BCUT2D eigenvalue weighted by molar-refractivity contribution is 5.92. The van der Waals surface area contributed by atoms with Crippen molar-refractivity contribution in [1.82, 2.24) is 25.6 Å². The number of rotatable bonds is 5. The summed E-state index contributed by atoms with van der Waals surface area (Å²) in [6, 6.07) is 0.257. The molecule has 1 saturated heterocycles. The standard InChI is InChI=1S/C11H18N6O2/c1-11(2,3-9(12)18)14-10(19)8-6-17(16-15-8)7-4-13-5-7/h6-7,13H,3-5H2,1-2H3,(H2,12,18)(H,14,19). The van der Waals surface area contributed by atoms with Crippen molar-refractivity contribution in [3.8, 4) is 0 Å². The Labute approximate surface area is 110 Å². The van der Waals surface area contributed by atoms with Crippen LogP contribution in [-0.2, 0) is 4.79 Å². The summed E-state index contributed by atoms with van der Waals surface area (Å²) >= 11 is 0. The lowest BCUT2D eigenvalue weighted by Crippen LogP contribution is -2.46. The van der Waals surface area contributed by atoms with Crippen LogP contribution in [0.2, 0.25) is 0 Å². The van der Waals surface area contributed by atoms with Crippen LogP contribution >= 0.6 is 0 Å². The number of nitrogens with two attached hydrogens (primary N) is 1. The Morgan fingerprint density at radius 3 is 2.79 bits per heavy atom. The fourth-order valence-electron chi connectivity index (χ4n) is 1.87. The molecule has 0 aliphatic carbocycles. The van der Waals surface area contributed by atoms with Crippen molar-refractivity contribution in [2.24, 2.45) is 5.73 Å². The normalized spacial score (nSPS) is 15.9. The highest BCUT2D eigenvalue weighted by Gasteiger charge is 2.26. The van der Waals surface area contributed by atoms with Gasteiger partial charge in [0.25, 0.3) is 5.91 Å². The van der Waals surface area contributed by atoms with Crippen molar-refractivity contribution < 1.29 is 9.59 Å². The van der Waals surface area contributed by atoms with Gasteiger partial charge in [-0.3, -0.25) is 9.59 Å². The predicted octanol–water partition coefficient (Wildman–Crippen LogP) is -1.19. The Morgan fingerprint density at radius 1 is 1.58 bits per heavy atom. The third-order valence-electron chi connectivity index (χ3n) is 2.95. The van der Waals surface area contributed by atoms with Crippen molar-refractivity contribution in [2.45, 2.75) is 31.8 Å². The molecule has 0 atom stereocenters. The molecule has 1 aliphatic rings. The zero-order valence-corrected chi connectivity index (χ0v) is 11.0. The Hall–Kier alpha value is -1.96. The minimum atomic E-state index is -0.704. The summed E-state index contributed by atoms with van der Waals surface area (Å²) in [5.74, 6) is -0.820.